The Hall–Kier alpha value is -2.96. The quantitative estimate of drug-likeness (QED) is 0.664. The minimum Gasteiger partial charge on any atom is -0.497 e. The molecule has 0 aliphatic carbocycles. The summed E-state index contributed by atoms with van der Waals surface area (Å²) in [6.45, 7) is 5.37. The Morgan fingerprint density at radius 3 is 2.30 bits per heavy atom. The molecule has 0 fully saturated rings. The van der Waals surface area contributed by atoms with Gasteiger partial charge in [-0.2, -0.15) is 0 Å². The van der Waals surface area contributed by atoms with Crippen LogP contribution in [0, 0.1) is 20.8 Å². The summed E-state index contributed by atoms with van der Waals surface area (Å²) in [4.78, 5) is 24.9. The summed E-state index contributed by atoms with van der Waals surface area (Å²) >= 11 is 0. The third kappa shape index (κ3) is 4.03. The highest BCUT2D eigenvalue weighted by molar-refractivity contribution is 6.05. The normalized spacial score (nSPS) is 11.2. The number of ether oxygens (including phenoxy) is 1. The van der Waals surface area contributed by atoms with Crippen LogP contribution in [0.3, 0.4) is 0 Å². The van der Waals surface area contributed by atoms with E-state index in [0.717, 1.165) is 5.69 Å². The molecule has 1 aromatic heterocycles. The topological polar surface area (TPSA) is 102 Å². The van der Waals surface area contributed by atoms with Gasteiger partial charge in [0.1, 0.15) is 11.4 Å². The fraction of sp³-hybridized carbons (Fsp3) is 0.250. The number of carbonyl (C=O) groups is 1. The number of hydrogen-bond acceptors (Lipinski definition) is 5. The van der Waals surface area contributed by atoms with Gasteiger partial charge < -0.3 is 10.5 Å². The first-order valence-corrected chi connectivity index (χ1v) is 7.02. The maximum absolute atomic E-state index is 12.2. The van der Waals surface area contributed by atoms with Gasteiger partial charge in [0.2, 0.25) is 5.96 Å². The van der Waals surface area contributed by atoms with E-state index in [9.17, 15) is 4.79 Å². The summed E-state index contributed by atoms with van der Waals surface area (Å²) in [5.74, 6) is 0.264. The summed E-state index contributed by atoms with van der Waals surface area (Å²) in [7, 11) is 1.58. The number of guanidine groups is 1. The predicted octanol–water partition coefficient (Wildman–Crippen LogP) is 1.79. The lowest BCUT2D eigenvalue weighted by Gasteiger charge is -2.08. The first kappa shape index (κ1) is 16.4. The van der Waals surface area contributed by atoms with Gasteiger partial charge in [-0.3, -0.25) is 15.1 Å². The van der Waals surface area contributed by atoms with E-state index in [4.69, 9.17) is 10.5 Å². The van der Waals surface area contributed by atoms with E-state index in [2.05, 4.69) is 20.3 Å². The summed E-state index contributed by atoms with van der Waals surface area (Å²) in [5, 5.41) is 2.52. The largest absolute Gasteiger partial charge is 0.497 e. The van der Waals surface area contributed by atoms with Gasteiger partial charge in [0.05, 0.1) is 29.9 Å². The molecule has 0 aliphatic rings. The van der Waals surface area contributed by atoms with Gasteiger partial charge in [0.25, 0.3) is 5.91 Å². The molecular formula is C16H19N5O2. The molecule has 0 atom stereocenters. The molecule has 3 N–H and O–H groups in total. The van der Waals surface area contributed by atoms with Crippen LogP contribution in [0.2, 0.25) is 0 Å². The van der Waals surface area contributed by atoms with Crippen LogP contribution in [0.1, 0.15) is 27.6 Å². The molecule has 2 aromatic rings. The maximum Gasteiger partial charge on any atom is 0.278 e. The first-order valence-electron chi connectivity index (χ1n) is 7.02. The summed E-state index contributed by atoms with van der Waals surface area (Å²) in [6, 6.07) is 6.98. The Morgan fingerprint density at radius 1 is 1.09 bits per heavy atom. The number of benzene rings is 1. The fourth-order valence-corrected chi connectivity index (χ4v) is 1.93. The van der Waals surface area contributed by atoms with Gasteiger partial charge in [-0.15, -0.1) is 0 Å². The number of nitrogens with one attached hydrogen (secondary N) is 1. The monoisotopic (exact) mass is 313 g/mol. The fourth-order valence-electron chi connectivity index (χ4n) is 1.93. The summed E-state index contributed by atoms with van der Waals surface area (Å²) < 4.78 is 5.07. The Labute approximate surface area is 134 Å². The molecule has 0 bridgehead atoms. The highest BCUT2D eigenvalue weighted by atomic mass is 16.5. The molecule has 0 spiro atoms. The van der Waals surface area contributed by atoms with Crippen molar-refractivity contribution in [2.24, 2.45) is 10.7 Å². The molecular weight excluding hydrogens is 294 g/mol. The summed E-state index contributed by atoms with van der Waals surface area (Å²) in [5.41, 5.74) is 8.65. The van der Waals surface area contributed by atoms with Crippen LogP contribution in [-0.2, 0) is 0 Å². The van der Waals surface area contributed by atoms with Crippen molar-refractivity contribution in [3.8, 4) is 5.75 Å². The Balaban J connectivity index is 2.15. The minimum absolute atomic E-state index is 0.0143. The average Bonchev–Trinajstić information content (AvgIpc) is 2.51. The highest BCUT2D eigenvalue weighted by Gasteiger charge is 2.14. The summed E-state index contributed by atoms with van der Waals surface area (Å²) in [6.07, 6.45) is 0. The third-order valence-corrected chi connectivity index (χ3v) is 3.26. The number of amides is 1. The SMILES string of the molecule is COc1ccc(N=C(N)NC(=O)c2nc(C)c(C)nc2C)cc1. The number of rotatable bonds is 3. The zero-order chi connectivity index (χ0) is 17.0. The van der Waals surface area contributed by atoms with Gasteiger partial charge in [-0.05, 0) is 45.0 Å². The van der Waals surface area contributed by atoms with Crippen LogP contribution in [-0.4, -0.2) is 28.9 Å². The van der Waals surface area contributed by atoms with E-state index in [0.29, 0.717) is 22.8 Å². The molecule has 1 aromatic carbocycles. The van der Waals surface area contributed by atoms with Crippen LogP contribution in [0.25, 0.3) is 0 Å². The van der Waals surface area contributed by atoms with Crippen LogP contribution in [0.4, 0.5) is 5.69 Å². The van der Waals surface area contributed by atoms with Gasteiger partial charge in [-0.25, -0.2) is 9.98 Å². The number of aromatic nitrogens is 2. The van der Waals surface area contributed by atoms with Crippen molar-refractivity contribution >= 4 is 17.6 Å². The van der Waals surface area contributed by atoms with Gasteiger partial charge in [-0.1, -0.05) is 0 Å². The zero-order valence-electron chi connectivity index (χ0n) is 13.5. The van der Waals surface area contributed by atoms with E-state index in [1.807, 2.05) is 6.92 Å². The van der Waals surface area contributed by atoms with Crippen molar-refractivity contribution in [3.63, 3.8) is 0 Å². The van der Waals surface area contributed by atoms with Crippen molar-refractivity contribution in [2.75, 3.05) is 7.11 Å². The highest BCUT2D eigenvalue weighted by Crippen LogP contribution is 2.17. The number of methoxy groups -OCH3 is 1. The lowest BCUT2D eigenvalue weighted by atomic mass is 10.2. The van der Waals surface area contributed by atoms with Crippen LogP contribution >= 0.6 is 0 Å². The van der Waals surface area contributed by atoms with Crippen LogP contribution < -0.4 is 15.8 Å². The molecule has 1 amide bonds. The maximum atomic E-state index is 12.2. The van der Waals surface area contributed by atoms with Gasteiger partial charge in [0, 0.05) is 0 Å². The molecule has 1 heterocycles. The number of aryl methyl sites for hydroxylation is 3. The molecule has 120 valence electrons. The number of nitrogens with two attached hydrogens (primary N) is 1. The third-order valence-electron chi connectivity index (χ3n) is 3.26. The Bertz CT molecular complexity index is 754. The molecule has 7 nitrogen and oxygen atoms in total. The number of nitrogens with zero attached hydrogens (tertiary/aromatic N) is 3. The Kier molecular flexibility index (Phi) is 4.90. The number of aliphatic imine (C=N–C) groups is 1. The van der Waals surface area contributed by atoms with E-state index in [1.165, 1.54) is 0 Å². The second-order valence-corrected chi connectivity index (χ2v) is 4.98. The van der Waals surface area contributed by atoms with Gasteiger partial charge in [0.15, 0.2) is 0 Å². The van der Waals surface area contributed by atoms with Crippen LogP contribution in [0.5, 0.6) is 5.75 Å². The average molecular weight is 313 g/mol. The standard InChI is InChI=1S/C16H19N5O2/c1-9-10(2)19-14(11(3)18-9)15(22)21-16(17)20-12-5-7-13(23-4)8-6-12/h5-8H,1-4H3,(H3,17,20,21,22). The van der Waals surface area contributed by atoms with Gasteiger partial charge >= 0.3 is 0 Å². The lowest BCUT2D eigenvalue weighted by molar-refractivity contribution is 0.0970. The lowest BCUT2D eigenvalue weighted by Crippen LogP contribution is -2.37. The van der Waals surface area contributed by atoms with Crippen molar-refractivity contribution in [2.45, 2.75) is 20.8 Å². The Morgan fingerprint density at radius 2 is 1.70 bits per heavy atom. The van der Waals surface area contributed by atoms with E-state index >= 15 is 0 Å². The first-order chi connectivity index (χ1) is 10.9. The molecule has 2 rings (SSSR count). The van der Waals surface area contributed by atoms with Crippen molar-refractivity contribution in [1.82, 2.24) is 15.3 Å². The molecule has 0 radical (unpaired) electrons. The molecule has 23 heavy (non-hydrogen) atoms. The number of carbonyl (C=O) groups excluding carboxylic acids is 1. The van der Waals surface area contributed by atoms with E-state index < -0.39 is 5.91 Å². The van der Waals surface area contributed by atoms with Crippen LogP contribution in [0.15, 0.2) is 29.3 Å². The molecule has 7 heteroatoms. The molecule has 0 unspecified atom stereocenters. The predicted molar refractivity (Wildman–Crippen MR) is 88.0 cm³/mol. The van der Waals surface area contributed by atoms with Crippen molar-refractivity contribution in [1.29, 1.82) is 0 Å². The zero-order valence-corrected chi connectivity index (χ0v) is 13.5. The second kappa shape index (κ2) is 6.87. The smallest absolute Gasteiger partial charge is 0.278 e. The molecule has 0 saturated carbocycles. The van der Waals surface area contributed by atoms with Crippen molar-refractivity contribution in [3.05, 3.63) is 47.0 Å². The minimum atomic E-state index is -0.437. The molecule has 0 saturated heterocycles. The number of hydrogen-bond donors (Lipinski definition) is 2. The van der Waals surface area contributed by atoms with E-state index in [1.54, 1.807) is 45.2 Å². The second-order valence-electron chi connectivity index (χ2n) is 4.98. The van der Waals surface area contributed by atoms with Crippen molar-refractivity contribution < 1.29 is 9.53 Å². The van der Waals surface area contributed by atoms with E-state index in [-0.39, 0.29) is 11.7 Å². The molecule has 0 aliphatic heterocycles.